The zero-order valence-electron chi connectivity index (χ0n) is 27.1. The summed E-state index contributed by atoms with van der Waals surface area (Å²) in [5.41, 5.74) is 11.9. The van der Waals surface area contributed by atoms with Gasteiger partial charge in [-0.15, -0.1) is 24.8 Å². The summed E-state index contributed by atoms with van der Waals surface area (Å²) in [5.74, 6) is 6.06. The lowest BCUT2D eigenvalue weighted by Gasteiger charge is -2.34. The highest BCUT2D eigenvalue weighted by Gasteiger charge is 2.25. The SMILES string of the molecule is CCN1CCN(C(=O)c2cc(NC(=O)Cc3cccc(C#Cc4cnc(N)nc4-c4cc5c(n4C)CCNC5=O)c3)ccc2Br)CC1.Cl.Cl. The molecule has 2 aliphatic rings. The number of anilines is 2. The molecule has 49 heavy (non-hydrogen) atoms. The van der Waals surface area contributed by atoms with Crippen LogP contribution in [0.1, 0.15) is 50.0 Å². The molecular formula is C35H37BrCl2N8O3. The zero-order valence-corrected chi connectivity index (χ0v) is 30.3. The average Bonchev–Trinajstić information content (AvgIpc) is 3.42. The Balaban J connectivity index is 0.00000270. The molecule has 0 radical (unpaired) electrons. The molecule has 14 heteroatoms. The molecule has 0 atom stereocenters. The van der Waals surface area contributed by atoms with Crippen molar-refractivity contribution in [1.82, 2.24) is 29.7 Å². The number of fused-ring (bicyclic) bond motifs is 1. The number of piperazine rings is 1. The molecule has 256 valence electrons. The summed E-state index contributed by atoms with van der Waals surface area (Å²) in [6, 6.07) is 14.6. The van der Waals surface area contributed by atoms with Gasteiger partial charge in [-0.2, -0.15) is 0 Å². The molecule has 1 fully saturated rings. The highest BCUT2D eigenvalue weighted by molar-refractivity contribution is 9.10. The molecule has 11 nitrogen and oxygen atoms in total. The fourth-order valence-corrected chi connectivity index (χ4v) is 6.35. The van der Waals surface area contributed by atoms with E-state index in [1.54, 1.807) is 24.4 Å². The van der Waals surface area contributed by atoms with Crippen LogP contribution in [0.25, 0.3) is 11.4 Å². The van der Waals surface area contributed by atoms with E-state index in [9.17, 15) is 14.4 Å². The van der Waals surface area contributed by atoms with E-state index in [0.717, 1.165) is 43.0 Å². The number of likely N-dealkylation sites (N-methyl/N-ethyl adjacent to an activating group) is 1. The van der Waals surface area contributed by atoms with E-state index in [1.165, 1.54) is 0 Å². The Morgan fingerprint density at radius 1 is 1.06 bits per heavy atom. The van der Waals surface area contributed by atoms with Crippen LogP contribution in [0.4, 0.5) is 11.6 Å². The highest BCUT2D eigenvalue weighted by Crippen LogP contribution is 2.28. The molecule has 2 aliphatic heterocycles. The first kappa shape index (κ1) is 37.4. The summed E-state index contributed by atoms with van der Waals surface area (Å²) >= 11 is 3.51. The maximum Gasteiger partial charge on any atom is 0.255 e. The van der Waals surface area contributed by atoms with Crippen molar-refractivity contribution in [3.05, 3.63) is 92.7 Å². The van der Waals surface area contributed by atoms with Crippen LogP contribution in [-0.2, 0) is 24.7 Å². The monoisotopic (exact) mass is 766 g/mol. The van der Waals surface area contributed by atoms with Gasteiger partial charge in [0.05, 0.1) is 28.8 Å². The quantitative estimate of drug-likeness (QED) is 0.249. The van der Waals surface area contributed by atoms with Gasteiger partial charge in [0.15, 0.2) is 0 Å². The van der Waals surface area contributed by atoms with E-state index in [2.05, 4.69) is 60.2 Å². The predicted octanol–water partition coefficient (Wildman–Crippen LogP) is 4.32. The Bertz CT molecular complexity index is 1950. The molecule has 0 spiro atoms. The van der Waals surface area contributed by atoms with Gasteiger partial charge in [-0.25, -0.2) is 9.97 Å². The second-order valence-electron chi connectivity index (χ2n) is 11.5. The lowest BCUT2D eigenvalue weighted by Crippen LogP contribution is -2.48. The van der Waals surface area contributed by atoms with E-state index in [0.29, 0.717) is 57.7 Å². The Hall–Kier alpha value is -4.41. The minimum absolute atomic E-state index is 0. The third-order valence-corrected chi connectivity index (χ3v) is 9.21. The van der Waals surface area contributed by atoms with Crippen molar-refractivity contribution >= 4 is 70.1 Å². The summed E-state index contributed by atoms with van der Waals surface area (Å²) in [5, 5.41) is 5.81. The number of nitrogens with one attached hydrogen (secondary N) is 2. The standard InChI is InChI=1S/C35H35BrN8O3.2ClH/c1-3-43-13-15-44(16-14-43)34(47)26-19-25(9-10-28(26)36)40-31(45)18-23-6-4-5-22(17-23)7-8-24-21-39-35(37)41-32(24)30-20-27-29(42(30)2)11-12-38-33(27)46;;/h4-6,9-10,17,19-21H,3,11-16,18H2,1-2H3,(H,38,46)(H,40,45)(H2,37,39,41);2*1H. The Morgan fingerprint density at radius 3 is 2.57 bits per heavy atom. The van der Waals surface area contributed by atoms with Crippen molar-refractivity contribution in [2.75, 3.05) is 50.3 Å². The fourth-order valence-electron chi connectivity index (χ4n) is 5.93. The van der Waals surface area contributed by atoms with Gasteiger partial charge in [-0.05, 0) is 64.4 Å². The normalized spacial score (nSPS) is 13.9. The van der Waals surface area contributed by atoms with Crippen molar-refractivity contribution < 1.29 is 14.4 Å². The second-order valence-corrected chi connectivity index (χ2v) is 12.4. The lowest BCUT2D eigenvalue weighted by atomic mass is 10.1. The summed E-state index contributed by atoms with van der Waals surface area (Å²) in [6.07, 6.45) is 2.43. The number of carbonyl (C=O) groups is 3. The number of amides is 3. The molecule has 1 saturated heterocycles. The number of halogens is 3. The van der Waals surface area contributed by atoms with Gasteiger partial charge in [0.2, 0.25) is 11.9 Å². The molecule has 4 aromatic rings. The van der Waals surface area contributed by atoms with E-state index in [4.69, 9.17) is 5.73 Å². The molecule has 3 amide bonds. The molecule has 0 saturated carbocycles. The van der Waals surface area contributed by atoms with E-state index in [-0.39, 0.29) is 54.9 Å². The minimum Gasteiger partial charge on any atom is -0.368 e. The first-order valence-electron chi connectivity index (χ1n) is 15.5. The lowest BCUT2D eigenvalue weighted by molar-refractivity contribution is -0.115. The summed E-state index contributed by atoms with van der Waals surface area (Å²) in [4.78, 5) is 51.5. The number of nitrogens with zero attached hydrogens (tertiary/aromatic N) is 5. The van der Waals surface area contributed by atoms with Crippen molar-refractivity contribution in [3.63, 3.8) is 0 Å². The number of hydrogen-bond donors (Lipinski definition) is 3. The molecular weight excluding hydrogens is 731 g/mol. The molecule has 2 aromatic carbocycles. The van der Waals surface area contributed by atoms with Crippen LogP contribution in [-0.4, -0.2) is 81.3 Å². The van der Waals surface area contributed by atoms with Crippen molar-refractivity contribution in [2.45, 2.75) is 19.8 Å². The number of carbonyl (C=O) groups excluding carboxylic acids is 3. The maximum absolute atomic E-state index is 13.3. The van der Waals surface area contributed by atoms with E-state index < -0.39 is 0 Å². The van der Waals surface area contributed by atoms with Gasteiger partial charge in [-0.1, -0.05) is 30.9 Å². The van der Waals surface area contributed by atoms with Crippen molar-refractivity contribution in [1.29, 1.82) is 0 Å². The van der Waals surface area contributed by atoms with Gasteiger partial charge < -0.3 is 30.7 Å². The van der Waals surface area contributed by atoms with Crippen LogP contribution in [0, 0.1) is 11.8 Å². The van der Waals surface area contributed by atoms with Gasteiger partial charge >= 0.3 is 0 Å². The number of rotatable bonds is 6. The van der Waals surface area contributed by atoms with Gasteiger partial charge in [-0.3, -0.25) is 14.4 Å². The number of benzene rings is 2. The summed E-state index contributed by atoms with van der Waals surface area (Å²) in [6.45, 7) is 6.72. The topological polar surface area (TPSA) is 138 Å². The van der Waals surface area contributed by atoms with Crippen molar-refractivity contribution in [2.24, 2.45) is 7.05 Å². The Morgan fingerprint density at radius 2 is 1.84 bits per heavy atom. The van der Waals surface area contributed by atoms with Crippen LogP contribution in [0.3, 0.4) is 0 Å². The maximum atomic E-state index is 13.3. The largest absolute Gasteiger partial charge is 0.368 e. The van der Waals surface area contributed by atoms with Crippen LogP contribution < -0.4 is 16.4 Å². The van der Waals surface area contributed by atoms with Gasteiger partial charge in [0.25, 0.3) is 11.8 Å². The summed E-state index contributed by atoms with van der Waals surface area (Å²) in [7, 11) is 1.90. The molecule has 0 unspecified atom stereocenters. The molecule has 2 aromatic heterocycles. The number of hydrogen-bond acceptors (Lipinski definition) is 7. The molecule has 4 N–H and O–H groups in total. The van der Waals surface area contributed by atoms with Gasteiger partial charge in [0, 0.05) is 73.8 Å². The third kappa shape index (κ3) is 8.43. The van der Waals surface area contributed by atoms with Crippen LogP contribution in [0.5, 0.6) is 0 Å². The summed E-state index contributed by atoms with van der Waals surface area (Å²) < 4.78 is 2.65. The third-order valence-electron chi connectivity index (χ3n) is 8.52. The highest BCUT2D eigenvalue weighted by atomic mass is 79.9. The molecule has 0 bridgehead atoms. The molecule has 6 rings (SSSR count). The smallest absolute Gasteiger partial charge is 0.255 e. The first-order valence-corrected chi connectivity index (χ1v) is 16.3. The van der Waals surface area contributed by atoms with E-state index in [1.807, 2.05) is 46.8 Å². The second kappa shape index (κ2) is 16.3. The van der Waals surface area contributed by atoms with Crippen LogP contribution in [0.2, 0.25) is 0 Å². The Kier molecular flexibility index (Phi) is 12.5. The predicted molar refractivity (Wildman–Crippen MR) is 198 cm³/mol. The fraction of sp³-hybridized carbons (Fsp3) is 0.286. The van der Waals surface area contributed by atoms with Crippen LogP contribution >= 0.6 is 40.7 Å². The number of nitrogen functional groups attached to an aromatic ring is 1. The van der Waals surface area contributed by atoms with Crippen molar-refractivity contribution in [3.8, 4) is 23.2 Å². The number of aromatic nitrogens is 3. The van der Waals surface area contributed by atoms with E-state index >= 15 is 0 Å². The molecule has 4 heterocycles. The molecule has 0 aliphatic carbocycles. The Labute approximate surface area is 306 Å². The minimum atomic E-state index is -0.210. The van der Waals surface area contributed by atoms with Crippen LogP contribution in [0.15, 0.2) is 59.2 Å². The average molecular weight is 769 g/mol. The number of nitrogens with two attached hydrogens (primary N) is 1. The van der Waals surface area contributed by atoms with Gasteiger partial charge in [0.1, 0.15) is 5.69 Å². The first-order chi connectivity index (χ1) is 22.7. The zero-order chi connectivity index (χ0) is 33.1.